The normalized spacial score (nSPS) is 10.6. The molecule has 0 spiro atoms. The van der Waals surface area contributed by atoms with Gasteiger partial charge in [0.25, 0.3) is 0 Å². The molecule has 0 radical (unpaired) electrons. The highest BCUT2D eigenvalue weighted by Gasteiger charge is 1.94. The van der Waals surface area contributed by atoms with E-state index in [-0.39, 0.29) is 0 Å². The number of rotatable bonds is 10. The third-order valence-corrected chi connectivity index (χ3v) is 2.68. The number of nitrogens with one attached hydrogen (secondary N) is 1. The van der Waals surface area contributed by atoms with Gasteiger partial charge in [-0.3, -0.25) is 0 Å². The molecular weight excluding hydrogens is 250 g/mol. The lowest BCUT2D eigenvalue weighted by atomic mass is 10.3. The van der Waals surface area contributed by atoms with Crippen molar-refractivity contribution in [1.82, 2.24) is 5.32 Å². The molecule has 0 aliphatic rings. The van der Waals surface area contributed by atoms with Crippen LogP contribution in [-0.4, -0.2) is 32.9 Å². The minimum Gasteiger partial charge on any atom is -0.492 e. The van der Waals surface area contributed by atoms with Crippen molar-refractivity contribution in [3.63, 3.8) is 0 Å². The lowest BCUT2D eigenvalue weighted by Crippen LogP contribution is -2.22. The van der Waals surface area contributed by atoms with Crippen LogP contribution in [-0.2, 0) is 4.74 Å². The molecule has 18 heavy (non-hydrogen) atoms. The molecule has 4 heteroatoms. The van der Waals surface area contributed by atoms with Crippen molar-refractivity contribution in [2.45, 2.75) is 19.8 Å². The Morgan fingerprint density at radius 1 is 1.17 bits per heavy atom. The first-order valence-electron chi connectivity index (χ1n) is 6.49. The molecule has 0 aliphatic carbocycles. The molecule has 1 aromatic rings. The zero-order chi connectivity index (χ0) is 13.1. The Labute approximate surface area is 114 Å². The van der Waals surface area contributed by atoms with Gasteiger partial charge in [-0.1, -0.05) is 17.7 Å². The zero-order valence-electron chi connectivity index (χ0n) is 11.0. The molecule has 0 aromatic heterocycles. The van der Waals surface area contributed by atoms with Crippen LogP contribution in [0.2, 0.25) is 5.02 Å². The summed E-state index contributed by atoms with van der Waals surface area (Å²) in [5, 5.41) is 4.04. The van der Waals surface area contributed by atoms with Gasteiger partial charge in [0.1, 0.15) is 12.4 Å². The minimum absolute atomic E-state index is 0.659. The molecule has 0 saturated heterocycles. The highest BCUT2D eigenvalue weighted by atomic mass is 35.5. The van der Waals surface area contributed by atoms with Crippen molar-refractivity contribution >= 4 is 11.6 Å². The first-order chi connectivity index (χ1) is 8.83. The summed E-state index contributed by atoms with van der Waals surface area (Å²) in [6.07, 6.45) is 2.24. The number of halogens is 1. The van der Waals surface area contributed by atoms with Crippen molar-refractivity contribution in [3.05, 3.63) is 29.3 Å². The maximum absolute atomic E-state index is 5.86. The molecule has 0 bridgehead atoms. The molecule has 1 rings (SSSR count). The predicted octanol–water partition coefficient (Wildman–Crippen LogP) is 3.13. The summed E-state index contributed by atoms with van der Waals surface area (Å²) < 4.78 is 10.8. The second-order valence-corrected chi connectivity index (χ2v) is 4.40. The summed E-state index contributed by atoms with van der Waals surface area (Å²) in [7, 11) is 0. The second-order valence-electron chi connectivity index (χ2n) is 3.96. The van der Waals surface area contributed by atoms with E-state index in [4.69, 9.17) is 21.1 Å². The summed E-state index contributed by atoms with van der Waals surface area (Å²) in [4.78, 5) is 0. The van der Waals surface area contributed by atoms with Crippen molar-refractivity contribution < 1.29 is 9.47 Å². The number of benzene rings is 1. The van der Waals surface area contributed by atoms with Crippen LogP contribution in [0.1, 0.15) is 19.8 Å². The summed E-state index contributed by atoms with van der Waals surface area (Å²) in [5.41, 5.74) is 0. The van der Waals surface area contributed by atoms with Gasteiger partial charge in [0.15, 0.2) is 0 Å². The largest absolute Gasteiger partial charge is 0.492 e. The van der Waals surface area contributed by atoms with Gasteiger partial charge in [0.05, 0.1) is 0 Å². The SMILES string of the molecule is CCOCCCCNCCOc1cccc(Cl)c1. The summed E-state index contributed by atoms with van der Waals surface area (Å²) in [5.74, 6) is 0.820. The van der Waals surface area contributed by atoms with Crippen molar-refractivity contribution in [3.8, 4) is 5.75 Å². The third kappa shape index (κ3) is 7.54. The maximum atomic E-state index is 5.86. The highest BCUT2D eigenvalue weighted by molar-refractivity contribution is 6.30. The van der Waals surface area contributed by atoms with Crippen LogP contribution in [0.5, 0.6) is 5.75 Å². The number of hydrogen-bond acceptors (Lipinski definition) is 3. The molecule has 0 heterocycles. The maximum Gasteiger partial charge on any atom is 0.120 e. The smallest absolute Gasteiger partial charge is 0.120 e. The first-order valence-corrected chi connectivity index (χ1v) is 6.87. The summed E-state index contributed by atoms with van der Waals surface area (Å²) in [6.45, 7) is 6.20. The van der Waals surface area contributed by atoms with E-state index >= 15 is 0 Å². The average molecular weight is 272 g/mol. The van der Waals surface area contributed by atoms with Crippen LogP contribution in [0, 0.1) is 0 Å². The van der Waals surface area contributed by atoms with Crippen molar-refractivity contribution in [2.24, 2.45) is 0 Å². The molecule has 102 valence electrons. The van der Waals surface area contributed by atoms with E-state index in [1.54, 1.807) is 0 Å². The van der Waals surface area contributed by atoms with Crippen LogP contribution >= 0.6 is 11.6 Å². The van der Waals surface area contributed by atoms with Gasteiger partial charge in [-0.2, -0.15) is 0 Å². The summed E-state index contributed by atoms with van der Waals surface area (Å²) >= 11 is 5.86. The molecular formula is C14H22ClNO2. The lowest BCUT2D eigenvalue weighted by molar-refractivity contribution is 0.143. The second kappa shape index (κ2) is 10.2. The van der Waals surface area contributed by atoms with E-state index in [0.29, 0.717) is 11.6 Å². The Kier molecular flexibility index (Phi) is 8.65. The number of unbranched alkanes of at least 4 members (excludes halogenated alkanes) is 1. The van der Waals surface area contributed by atoms with Gasteiger partial charge in [-0.25, -0.2) is 0 Å². The van der Waals surface area contributed by atoms with Crippen LogP contribution in [0.4, 0.5) is 0 Å². The Morgan fingerprint density at radius 3 is 2.83 bits per heavy atom. The fourth-order valence-electron chi connectivity index (χ4n) is 1.52. The lowest BCUT2D eigenvalue weighted by Gasteiger charge is -2.07. The van der Waals surface area contributed by atoms with Gasteiger partial charge in [-0.05, 0) is 44.5 Å². The Bertz CT molecular complexity index is 320. The summed E-state index contributed by atoms with van der Waals surface area (Å²) in [6, 6.07) is 7.46. The molecule has 0 aliphatic heterocycles. The molecule has 0 saturated carbocycles. The van der Waals surface area contributed by atoms with Crippen LogP contribution in [0.15, 0.2) is 24.3 Å². The molecule has 0 amide bonds. The number of ether oxygens (including phenoxy) is 2. The molecule has 3 nitrogen and oxygen atoms in total. The van der Waals surface area contributed by atoms with E-state index in [1.807, 2.05) is 31.2 Å². The Morgan fingerprint density at radius 2 is 2.06 bits per heavy atom. The van der Waals surface area contributed by atoms with E-state index in [9.17, 15) is 0 Å². The van der Waals surface area contributed by atoms with E-state index in [1.165, 1.54) is 0 Å². The van der Waals surface area contributed by atoms with E-state index in [0.717, 1.165) is 44.9 Å². The van der Waals surface area contributed by atoms with Gasteiger partial charge in [0.2, 0.25) is 0 Å². The van der Waals surface area contributed by atoms with Crippen molar-refractivity contribution in [2.75, 3.05) is 32.9 Å². The van der Waals surface area contributed by atoms with Crippen LogP contribution in [0.25, 0.3) is 0 Å². The Hall–Kier alpha value is -0.770. The highest BCUT2D eigenvalue weighted by Crippen LogP contribution is 2.16. The van der Waals surface area contributed by atoms with Gasteiger partial charge >= 0.3 is 0 Å². The van der Waals surface area contributed by atoms with Gasteiger partial charge in [0, 0.05) is 24.8 Å². The topological polar surface area (TPSA) is 30.5 Å². The van der Waals surface area contributed by atoms with Crippen LogP contribution in [0.3, 0.4) is 0 Å². The molecule has 1 N–H and O–H groups in total. The molecule has 0 atom stereocenters. The molecule has 1 aromatic carbocycles. The quantitative estimate of drug-likeness (QED) is 0.663. The first kappa shape index (κ1) is 15.3. The van der Waals surface area contributed by atoms with E-state index < -0.39 is 0 Å². The standard InChI is InChI=1S/C14H22ClNO2/c1-2-17-10-4-3-8-16-9-11-18-14-7-5-6-13(15)12-14/h5-7,12,16H,2-4,8-11H2,1H3. The van der Waals surface area contributed by atoms with Crippen LogP contribution < -0.4 is 10.1 Å². The monoisotopic (exact) mass is 271 g/mol. The van der Waals surface area contributed by atoms with Gasteiger partial charge in [-0.15, -0.1) is 0 Å². The Balaban J connectivity index is 1.92. The fourth-order valence-corrected chi connectivity index (χ4v) is 1.70. The van der Waals surface area contributed by atoms with Gasteiger partial charge < -0.3 is 14.8 Å². The fraction of sp³-hybridized carbons (Fsp3) is 0.571. The minimum atomic E-state index is 0.659. The molecule has 0 fully saturated rings. The molecule has 0 unspecified atom stereocenters. The zero-order valence-corrected chi connectivity index (χ0v) is 11.7. The average Bonchev–Trinajstić information content (AvgIpc) is 2.37. The predicted molar refractivity (Wildman–Crippen MR) is 75.5 cm³/mol. The third-order valence-electron chi connectivity index (χ3n) is 2.44. The van der Waals surface area contributed by atoms with Crippen molar-refractivity contribution in [1.29, 1.82) is 0 Å². The van der Waals surface area contributed by atoms with E-state index in [2.05, 4.69) is 5.32 Å². The number of hydrogen-bond donors (Lipinski definition) is 1.